The summed E-state index contributed by atoms with van der Waals surface area (Å²) in [4.78, 5) is 36.2. The van der Waals surface area contributed by atoms with E-state index in [9.17, 15) is 9.59 Å². The maximum atomic E-state index is 12.3. The Bertz CT molecular complexity index is 1060. The minimum Gasteiger partial charge on any atom is -0.453 e. The summed E-state index contributed by atoms with van der Waals surface area (Å²) >= 11 is 0. The Balaban J connectivity index is 1.73. The first-order valence-electron chi connectivity index (χ1n) is 9.07. The van der Waals surface area contributed by atoms with Crippen molar-refractivity contribution in [1.29, 1.82) is 0 Å². The number of hydrogen-bond acceptors (Lipinski definition) is 8. The van der Waals surface area contributed by atoms with Gasteiger partial charge in [0.25, 0.3) is 0 Å². The van der Waals surface area contributed by atoms with Gasteiger partial charge in [-0.15, -0.1) is 0 Å². The molecule has 0 saturated carbocycles. The molecule has 0 aliphatic rings. The Labute approximate surface area is 168 Å². The first-order valence-corrected chi connectivity index (χ1v) is 9.07. The van der Waals surface area contributed by atoms with Crippen LogP contribution in [0.5, 0.6) is 0 Å². The van der Waals surface area contributed by atoms with E-state index in [1.54, 1.807) is 13.2 Å². The van der Waals surface area contributed by atoms with Gasteiger partial charge in [-0.3, -0.25) is 4.79 Å². The second kappa shape index (κ2) is 8.51. The van der Waals surface area contributed by atoms with Crippen LogP contribution in [-0.2, 0) is 24.8 Å². The molecule has 0 aliphatic heterocycles. The number of rotatable bonds is 7. The third-order valence-corrected chi connectivity index (χ3v) is 4.30. The summed E-state index contributed by atoms with van der Waals surface area (Å²) in [5.74, 6) is -0.233. The molecule has 9 heteroatoms. The van der Waals surface area contributed by atoms with Crippen LogP contribution in [0.15, 0.2) is 36.5 Å². The molecule has 0 aliphatic carbocycles. The van der Waals surface area contributed by atoms with Gasteiger partial charge < -0.3 is 20.4 Å². The molecule has 9 nitrogen and oxygen atoms in total. The van der Waals surface area contributed by atoms with E-state index < -0.39 is 5.97 Å². The van der Waals surface area contributed by atoms with Gasteiger partial charge in [-0.05, 0) is 31.0 Å². The third kappa shape index (κ3) is 4.75. The average Bonchev–Trinajstić information content (AvgIpc) is 3.08. The van der Waals surface area contributed by atoms with Crippen molar-refractivity contribution in [2.24, 2.45) is 7.05 Å². The lowest BCUT2D eigenvalue weighted by Crippen LogP contribution is -2.13. The monoisotopic (exact) mass is 394 g/mol. The maximum Gasteiger partial charge on any atom is 0.355 e. The molecule has 2 heterocycles. The Morgan fingerprint density at radius 1 is 1.21 bits per heavy atom. The molecule has 29 heavy (non-hydrogen) atoms. The first-order chi connectivity index (χ1) is 13.9. The van der Waals surface area contributed by atoms with E-state index in [-0.39, 0.29) is 35.8 Å². The van der Waals surface area contributed by atoms with Crippen molar-refractivity contribution in [3.8, 4) is 0 Å². The number of anilines is 3. The van der Waals surface area contributed by atoms with E-state index in [2.05, 4.69) is 20.3 Å². The van der Waals surface area contributed by atoms with E-state index in [1.165, 1.54) is 17.6 Å². The van der Waals surface area contributed by atoms with Crippen molar-refractivity contribution in [2.75, 3.05) is 11.1 Å². The number of aryl methyl sites for hydroxylation is 2. The zero-order chi connectivity index (χ0) is 21.0. The Kier molecular flexibility index (Phi) is 5.87. The highest BCUT2D eigenvalue weighted by Gasteiger charge is 2.16. The van der Waals surface area contributed by atoms with E-state index >= 15 is 0 Å². The number of benzene rings is 1. The Hall–Kier alpha value is -3.75. The predicted molar refractivity (Wildman–Crippen MR) is 108 cm³/mol. The molecule has 0 unspecified atom stereocenters. The van der Waals surface area contributed by atoms with Crippen LogP contribution in [0.3, 0.4) is 0 Å². The normalized spacial score (nSPS) is 10.6. The Morgan fingerprint density at radius 2 is 1.97 bits per heavy atom. The number of para-hydroxylation sites is 1. The van der Waals surface area contributed by atoms with Gasteiger partial charge in [0.05, 0.1) is 0 Å². The zero-order valence-electron chi connectivity index (χ0n) is 16.5. The summed E-state index contributed by atoms with van der Waals surface area (Å²) in [7, 11) is 1.66. The first kappa shape index (κ1) is 20.0. The van der Waals surface area contributed by atoms with Crippen LogP contribution in [0, 0.1) is 0 Å². The number of nitrogen functional groups attached to an aromatic ring is 1. The molecule has 0 bridgehead atoms. The SMILES string of the molecule is CCc1ccccc1Nc1nc(N)nc(COC(=O)c2cc(C(C)=O)cn2C)n1. The lowest BCUT2D eigenvalue weighted by atomic mass is 10.1. The second-order valence-corrected chi connectivity index (χ2v) is 6.43. The number of nitrogens with two attached hydrogens (primary N) is 1. The zero-order valence-corrected chi connectivity index (χ0v) is 16.5. The van der Waals surface area contributed by atoms with Gasteiger partial charge in [-0.25, -0.2) is 4.79 Å². The number of Topliss-reactive ketones (excluding diaryl/α,β-unsaturated/α-hetero) is 1. The maximum absolute atomic E-state index is 12.3. The van der Waals surface area contributed by atoms with Crippen LogP contribution in [0.2, 0.25) is 0 Å². The minimum absolute atomic E-state index is 0.0141. The Morgan fingerprint density at radius 3 is 2.66 bits per heavy atom. The topological polar surface area (TPSA) is 125 Å². The molecular formula is C20H22N6O3. The molecule has 0 spiro atoms. The summed E-state index contributed by atoms with van der Waals surface area (Å²) in [5, 5.41) is 3.12. The molecule has 2 aromatic heterocycles. The van der Waals surface area contributed by atoms with Crippen LogP contribution in [-0.4, -0.2) is 31.3 Å². The molecule has 0 amide bonds. The van der Waals surface area contributed by atoms with Crippen molar-refractivity contribution in [3.05, 3.63) is 59.2 Å². The number of hydrogen-bond donors (Lipinski definition) is 2. The summed E-state index contributed by atoms with van der Waals surface area (Å²) in [6.45, 7) is 3.30. The molecule has 1 aromatic carbocycles. The van der Waals surface area contributed by atoms with Crippen molar-refractivity contribution < 1.29 is 14.3 Å². The average molecular weight is 394 g/mol. The summed E-state index contributed by atoms with van der Waals surface area (Å²) in [6.07, 6.45) is 2.42. The summed E-state index contributed by atoms with van der Waals surface area (Å²) in [6, 6.07) is 9.27. The largest absolute Gasteiger partial charge is 0.453 e. The van der Waals surface area contributed by atoms with Gasteiger partial charge >= 0.3 is 5.97 Å². The van der Waals surface area contributed by atoms with Gasteiger partial charge in [0.1, 0.15) is 5.69 Å². The smallest absolute Gasteiger partial charge is 0.355 e. The molecule has 0 saturated heterocycles. The lowest BCUT2D eigenvalue weighted by molar-refractivity contribution is 0.0451. The van der Waals surface area contributed by atoms with Crippen LogP contribution in [0.25, 0.3) is 0 Å². The molecule has 3 N–H and O–H groups in total. The standard InChI is InChI=1S/C20H22N6O3/c1-4-13-7-5-6-8-15(13)22-20-24-17(23-19(21)25-20)11-29-18(28)16-9-14(12(2)27)10-26(16)3/h5-10H,4,11H2,1-3H3,(H3,21,22,23,24,25). The number of ketones is 1. The highest BCUT2D eigenvalue weighted by atomic mass is 16.5. The van der Waals surface area contributed by atoms with Crippen LogP contribution in [0.4, 0.5) is 17.6 Å². The third-order valence-electron chi connectivity index (χ3n) is 4.30. The molecule has 150 valence electrons. The van der Waals surface area contributed by atoms with Crippen molar-refractivity contribution >= 4 is 29.3 Å². The fourth-order valence-corrected chi connectivity index (χ4v) is 2.79. The van der Waals surface area contributed by atoms with Gasteiger partial charge in [-0.2, -0.15) is 15.0 Å². The number of nitrogens with one attached hydrogen (secondary N) is 1. The van der Waals surface area contributed by atoms with Gasteiger partial charge in [0.2, 0.25) is 11.9 Å². The molecule has 3 aromatic rings. The number of nitrogens with zero attached hydrogens (tertiary/aromatic N) is 4. The molecular weight excluding hydrogens is 372 g/mol. The fraction of sp³-hybridized carbons (Fsp3) is 0.250. The number of ether oxygens (including phenoxy) is 1. The minimum atomic E-state index is -0.593. The fourth-order valence-electron chi connectivity index (χ4n) is 2.79. The number of esters is 1. The van der Waals surface area contributed by atoms with E-state index in [0.29, 0.717) is 5.56 Å². The summed E-state index contributed by atoms with van der Waals surface area (Å²) < 4.78 is 6.82. The van der Waals surface area contributed by atoms with Gasteiger partial charge in [0, 0.05) is 24.5 Å². The van der Waals surface area contributed by atoms with Gasteiger partial charge in [-0.1, -0.05) is 25.1 Å². The van der Waals surface area contributed by atoms with Crippen LogP contribution in [0.1, 0.15) is 46.1 Å². The number of carbonyl (C=O) groups excluding carboxylic acids is 2. The van der Waals surface area contributed by atoms with Gasteiger partial charge in [0.15, 0.2) is 18.2 Å². The molecule has 3 rings (SSSR count). The van der Waals surface area contributed by atoms with Crippen LogP contribution < -0.4 is 11.1 Å². The molecule has 0 radical (unpaired) electrons. The van der Waals surface area contributed by atoms with Crippen molar-refractivity contribution in [2.45, 2.75) is 26.9 Å². The second-order valence-electron chi connectivity index (χ2n) is 6.43. The highest BCUT2D eigenvalue weighted by molar-refractivity contribution is 5.97. The van der Waals surface area contributed by atoms with E-state index in [0.717, 1.165) is 17.7 Å². The van der Waals surface area contributed by atoms with Crippen molar-refractivity contribution in [3.63, 3.8) is 0 Å². The number of carbonyl (C=O) groups is 2. The molecule has 0 atom stereocenters. The quantitative estimate of drug-likeness (QED) is 0.463. The van der Waals surface area contributed by atoms with Crippen molar-refractivity contribution in [1.82, 2.24) is 19.5 Å². The van der Waals surface area contributed by atoms with E-state index in [4.69, 9.17) is 10.5 Å². The molecule has 0 fully saturated rings. The predicted octanol–water partition coefficient (Wildman–Crippen LogP) is 2.66. The highest BCUT2D eigenvalue weighted by Crippen LogP contribution is 2.19. The van der Waals surface area contributed by atoms with Crippen LogP contribution >= 0.6 is 0 Å². The lowest BCUT2D eigenvalue weighted by Gasteiger charge is -2.11. The summed E-state index contributed by atoms with van der Waals surface area (Å²) in [5.41, 5.74) is 8.44. The number of aromatic nitrogens is 4. The van der Waals surface area contributed by atoms with E-state index in [1.807, 2.05) is 31.2 Å².